The monoisotopic (exact) mass is 565 g/mol. The molecule has 1 aliphatic rings. The number of rotatable bonds is 9. The molecule has 0 bridgehead atoms. The zero-order chi connectivity index (χ0) is 29.3. The minimum absolute atomic E-state index is 0.103. The van der Waals surface area contributed by atoms with Crippen molar-refractivity contribution in [1.29, 1.82) is 0 Å². The number of alkyl halides is 2. The summed E-state index contributed by atoms with van der Waals surface area (Å²) in [5.74, 6) is -0.283. The van der Waals surface area contributed by atoms with Crippen LogP contribution in [-0.4, -0.2) is 61.5 Å². The smallest absolute Gasteiger partial charge is 0.253 e. The van der Waals surface area contributed by atoms with Crippen molar-refractivity contribution >= 4 is 23.2 Å². The van der Waals surface area contributed by atoms with Crippen LogP contribution in [0.25, 0.3) is 0 Å². The number of aromatic nitrogens is 1. The number of hydrogen-bond donors (Lipinski definition) is 2. The normalized spacial score (nSPS) is 20.7. The summed E-state index contributed by atoms with van der Waals surface area (Å²) >= 11 is 6.61. The Balaban J connectivity index is 1.91. The Morgan fingerprint density at radius 3 is 2.46 bits per heavy atom. The number of aromatic amines is 1. The van der Waals surface area contributed by atoms with Gasteiger partial charge in [0, 0.05) is 57.9 Å². The van der Waals surface area contributed by atoms with E-state index in [1.54, 1.807) is 18.0 Å². The summed E-state index contributed by atoms with van der Waals surface area (Å²) in [7, 11) is 3.98. The second kappa shape index (κ2) is 12.1. The molecule has 0 aliphatic heterocycles. The minimum Gasteiger partial charge on any atom is -0.348 e. The number of quaternary nitrogens is 1. The van der Waals surface area contributed by atoms with Gasteiger partial charge in [-0.25, -0.2) is 8.78 Å². The molecule has 2 aromatic rings. The van der Waals surface area contributed by atoms with Crippen molar-refractivity contribution in [3.05, 3.63) is 61.5 Å². The maximum atomic E-state index is 13.4. The number of nitrogens with zero attached hydrogens (tertiary/aromatic N) is 2. The Morgan fingerprint density at radius 1 is 1.23 bits per heavy atom. The Hall–Kier alpha value is -2.29. The maximum absolute atomic E-state index is 13.4. The van der Waals surface area contributed by atoms with Gasteiger partial charge in [0.1, 0.15) is 5.69 Å². The molecule has 39 heavy (non-hydrogen) atoms. The van der Waals surface area contributed by atoms with Crippen LogP contribution in [-0.2, 0) is 6.54 Å². The number of halogens is 3. The van der Waals surface area contributed by atoms with Crippen LogP contribution < -0.4 is 15.4 Å². The lowest BCUT2D eigenvalue weighted by atomic mass is 9.69. The van der Waals surface area contributed by atoms with Gasteiger partial charge in [0.25, 0.3) is 17.9 Å². The van der Waals surface area contributed by atoms with Crippen LogP contribution in [0.2, 0.25) is 5.02 Å². The van der Waals surface area contributed by atoms with Crippen LogP contribution in [0.4, 0.5) is 14.5 Å². The molecular formula is C30H44ClF2N4O2+. The van der Waals surface area contributed by atoms with E-state index in [1.165, 1.54) is 0 Å². The van der Waals surface area contributed by atoms with Crippen molar-refractivity contribution in [1.82, 2.24) is 19.7 Å². The molecule has 0 spiro atoms. The molecule has 0 saturated heterocycles. The first-order chi connectivity index (χ1) is 18.1. The zero-order valence-corrected chi connectivity index (χ0v) is 25.3. The Bertz CT molecular complexity index is 1260. The molecule has 1 unspecified atom stereocenters. The lowest BCUT2D eigenvalue weighted by Crippen LogP contribution is -2.63. The number of hydrogen-bond acceptors (Lipinski definition) is 3. The molecule has 2 N–H and O–H groups in total. The van der Waals surface area contributed by atoms with Gasteiger partial charge in [0.2, 0.25) is 0 Å². The lowest BCUT2D eigenvalue weighted by Gasteiger charge is -2.53. The van der Waals surface area contributed by atoms with E-state index in [2.05, 4.69) is 38.1 Å². The summed E-state index contributed by atoms with van der Waals surface area (Å²) in [5, 5.41) is 3.40. The third-order valence-corrected chi connectivity index (χ3v) is 9.11. The molecule has 216 valence electrons. The number of aryl methyl sites for hydroxylation is 2. The molecule has 1 heterocycles. The van der Waals surface area contributed by atoms with Gasteiger partial charge in [-0.1, -0.05) is 25.4 Å². The van der Waals surface area contributed by atoms with Crippen LogP contribution in [0.3, 0.4) is 0 Å². The Labute approximate surface area is 236 Å². The number of amides is 1. The highest BCUT2D eigenvalue weighted by atomic mass is 35.5. The summed E-state index contributed by atoms with van der Waals surface area (Å²) in [5.41, 5.74) is 4.11. The van der Waals surface area contributed by atoms with Crippen LogP contribution >= 0.6 is 11.6 Å². The third-order valence-electron chi connectivity index (χ3n) is 8.89. The zero-order valence-electron chi connectivity index (χ0n) is 24.6. The van der Waals surface area contributed by atoms with Gasteiger partial charge < -0.3 is 10.3 Å². The average Bonchev–Trinajstić information content (AvgIpc) is 2.82. The summed E-state index contributed by atoms with van der Waals surface area (Å²) in [6.07, 6.45) is 0.173. The number of pyridine rings is 1. The van der Waals surface area contributed by atoms with Gasteiger partial charge in [-0.2, -0.15) is 0 Å². The number of carbonyl (C=O) groups excluding carboxylic acids is 1. The highest BCUT2D eigenvalue weighted by molar-refractivity contribution is 6.31. The van der Waals surface area contributed by atoms with Crippen molar-refractivity contribution in [3.63, 3.8) is 0 Å². The summed E-state index contributed by atoms with van der Waals surface area (Å²) < 4.78 is 26.7. The fourth-order valence-electron chi connectivity index (χ4n) is 6.74. The Kier molecular flexibility index (Phi) is 9.67. The average molecular weight is 566 g/mol. The first-order valence-corrected chi connectivity index (χ1v) is 14.1. The second-order valence-corrected chi connectivity index (χ2v) is 12.5. The lowest BCUT2D eigenvalue weighted by molar-refractivity contribution is 0.00820. The van der Waals surface area contributed by atoms with Crippen molar-refractivity contribution in [2.24, 2.45) is 5.41 Å². The fourth-order valence-corrected chi connectivity index (χ4v) is 6.95. The molecule has 3 atom stereocenters. The SMILES string of the molecule is CC[N+](C)(c1cc(Cl)cc(C(=O)NCc2c(C)cc(C)[nH]c2=O)c1C)[C@H]1CC[C@H](N(C)CC(F)F)CC1(C)C. The largest absolute Gasteiger partial charge is 0.348 e. The van der Waals surface area contributed by atoms with Gasteiger partial charge in [-0.15, -0.1) is 0 Å². The molecule has 9 heteroatoms. The highest BCUT2D eigenvalue weighted by Gasteiger charge is 2.49. The summed E-state index contributed by atoms with van der Waals surface area (Å²) in [4.78, 5) is 30.4. The minimum atomic E-state index is -2.35. The van der Waals surface area contributed by atoms with E-state index in [0.29, 0.717) is 20.6 Å². The Morgan fingerprint density at radius 2 is 1.90 bits per heavy atom. The van der Waals surface area contributed by atoms with Gasteiger partial charge >= 0.3 is 0 Å². The van der Waals surface area contributed by atoms with Crippen molar-refractivity contribution in [3.8, 4) is 0 Å². The standard InChI is InChI=1S/C30H43ClF2N4O2/c1-9-37(8,26-11-10-22(15-30(26,5)6)36(7)17-27(32)33)25-14-21(31)13-23(20(25)4)28(38)34-16-24-18(2)12-19(3)35-29(24)39/h12-14,22,26-27H,9-11,15-17H2,1-8H3,(H-,34,35,38,39)/p+1/t22-,26-,37?/m0/s1. The highest BCUT2D eigenvalue weighted by Crippen LogP contribution is 2.46. The van der Waals surface area contributed by atoms with E-state index >= 15 is 0 Å². The number of carbonyl (C=O) groups is 1. The molecular weight excluding hydrogens is 522 g/mol. The molecule has 3 rings (SSSR count). The summed E-state index contributed by atoms with van der Waals surface area (Å²) in [6.45, 7) is 12.9. The van der Waals surface area contributed by atoms with Gasteiger partial charge in [-0.3, -0.25) is 19.0 Å². The molecule has 6 nitrogen and oxygen atoms in total. The predicted molar refractivity (Wildman–Crippen MR) is 156 cm³/mol. The second-order valence-electron chi connectivity index (χ2n) is 12.1. The molecule has 1 aliphatic carbocycles. The number of benzene rings is 1. The molecule has 0 radical (unpaired) electrons. The molecule has 1 fully saturated rings. The van der Waals surface area contributed by atoms with Gasteiger partial charge in [0.15, 0.2) is 0 Å². The third kappa shape index (κ3) is 6.72. The van der Waals surface area contributed by atoms with Crippen molar-refractivity contribution in [2.75, 3.05) is 27.2 Å². The summed E-state index contributed by atoms with van der Waals surface area (Å²) in [6, 6.07) is 5.84. The molecule has 1 amide bonds. The molecule has 1 aromatic heterocycles. The van der Waals surface area contributed by atoms with Crippen LogP contribution in [0.1, 0.15) is 72.8 Å². The quantitative estimate of drug-likeness (QED) is 0.367. The van der Waals surface area contributed by atoms with E-state index in [-0.39, 0.29) is 42.1 Å². The van der Waals surface area contributed by atoms with Gasteiger partial charge in [0.05, 0.1) is 26.2 Å². The van der Waals surface area contributed by atoms with E-state index in [0.717, 1.165) is 48.3 Å². The van der Waals surface area contributed by atoms with E-state index in [4.69, 9.17) is 11.6 Å². The number of H-pyrrole nitrogens is 1. The topological polar surface area (TPSA) is 65.2 Å². The van der Waals surface area contributed by atoms with Gasteiger partial charge in [-0.05, 0) is 65.3 Å². The first kappa shape index (κ1) is 31.2. The van der Waals surface area contributed by atoms with Crippen LogP contribution in [0.5, 0.6) is 0 Å². The van der Waals surface area contributed by atoms with Crippen LogP contribution in [0, 0.1) is 26.2 Å². The van der Waals surface area contributed by atoms with E-state index in [1.807, 2.05) is 32.9 Å². The first-order valence-electron chi connectivity index (χ1n) is 13.7. The van der Waals surface area contributed by atoms with Crippen molar-refractivity contribution < 1.29 is 13.6 Å². The predicted octanol–water partition coefficient (Wildman–Crippen LogP) is 5.98. The van der Waals surface area contributed by atoms with Crippen LogP contribution in [0.15, 0.2) is 23.0 Å². The molecule has 1 saturated carbocycles. The van der Waals surface area contributed by atoms with E-state index < -0.39 is 6.43 Å². The van der Waals surface area contributed by atoms with E-state index in [9.17, 15) is 18.4 Å². The van der Waals surface area contributed by atoms with Crippen molar-refractivity contribution in [2.45, 2.75) is 85.9 Å². The maximum Gasteiger partial charge on any atom is 0.253 e. The molecule has 1 aromatic carbocycles. The number of nitrogens with one attached hydrogen (secondary N) is 2. The fraction of sp³-hybridized carbons (Fsp3) is 0.600.